The summed E-state index contributed by atoms with van der Waals surface area (Å²) < 4.78 is 22.8. The van der Waals surface area contributed by atoms with E-state index in [1.54, 1.807) is 18.2 Å². The number of phenolic OH excluding ortho intramolecular Hbond substituents is 1. The number of ether oxygens (including phenoxy) is 3. The molecule has 0 spiro atoms. The highest BCUT2D eigenvalue weighted by Gasteiger charge is 2.38. The number of hydrogen-bond donors (Lipinski definition) is 1. The van der Waals surface area contributed by atoms with Gasteiger partial charge in [0.1, 0.15) is 39.2 Å². The van der Waals surface area contributed by atoms with Gasteiger partial charge < -0.3 is 23.7 Å². The second kappa shape index (κ2) is 4.64. The van der Waals surface area contributed by atoms with Gasteiger partial charge in [-0.05, 0) is 12.1 Å². The predicted octanol–water partition coefficient (Wildman–Crippen LogP) is 2.88. The summed E-state index contributed by atoms with van der Waals surface area (Å²) in [7, 11) is 1.49. The standard InChI is InChI=1S/C18H14O6/c1-21-11-6-12-14(8-5-13(23-12)22-7-8)18-16(11)17(20)15-9(19)3-2-4-10(15)24-18/h2-4,6,8,13,19H,5,7H2,1H3. The Morgan fingerprint density at radius 3 is 3.00 bits per heavy atom. The van der Waals surface area contributed by atoms with Crippen molar-refractivity contribution >= 4 is 21.9 Å². The second-order valence-electron chi connectivity index (χ2n) is 6.09. The van der Waals surface area contributed by atoms with Gasteiger partial charge in [-0.1, -0.05) is 6.07 Å². The first-order chi connectivity index (χ1) is 11.7. The van der Waals surface area contributed by atoms with Crippen LogP contribution in [0.4, 0.5) is 0 Å². The minimum atomic E-state index is -0.315. The third-order valence-corrected chi connectivity index (χ3v) is 4.76. The van der Waals surface area contributed by atoms with Crippen LogP contribution >= 0.6 is 0 Å². The summed E-state index contributed by atoms with van der Waals surface area (Å²) in [5.41, 5.74) is 1.30. The van der Waals surface area contributed by atoms with Crippen LogP contribution in [0.2, 0.25) is 0 Å². The zero-order valence-corrected chi connectivity index (χ0v) is 12.9. The fourth-order valence-corrected chi connectivity index (χ4v) is 3.68. The molecule has 0 saturated carbocycles. The minimum absolute atomic E-state index is 0.108. The SMILES string of the molecule is COc1cc2c(c3oc4cccc(O)c4c(=O)c13)C1COC(C1)O2. The monoisotopic (exact) mass is 326 g/mol. The maximum Gasteiger partial charge on any atom is 0.208 e. The second-order valence-corrected chi connectivity index (χ2v) is 6.09. The molecule has 0 aliphatic carbocycles. The van der Waals surface area contributed by atoms with Crippen molar-refractivity contribution in [1.29, 1.82) is 0 Å². The van der Waals surface area contributed by atoms with E-state index in [-0.39, 0.29) is 28.8 Å². The maximum absolute atomic E-state index is 13.0. The van der Waals surface area contributed by atoms with Gasteiger partial charge in [0.05, 0.1) is 13.7 Å². The van der Waals surface area contributed by atoms with Crippen molar-refractivity contribution in [1.82, 2.24) is 0 Å². The molecule has 2 atom stereocenters. The molecule has 3 aromatic rings. The molecule has 6 heteroatoms. The largest absolute Gasteiger partial charge is 0.507 e. The zero-order chi connectivity index (χ0) is 16.4. The Morgan fingerprint density at radius 1 is 1.29 bits per heavy atom. The van der Waals surface area contributed by atoms with Crippen LogP contribution < -0.4 is 14.9 Å². The topological polar surface area (TPSA) is 78.1 Å². The fraction of sp³-hybridized carbons (Fsp3) is 0.278. The van der Waals surface area contributed by atoms with Crippen LogP contribution in [0.1, 0.15) is 17.9 Å². The molecule has 122 valence electrons. The Bertz CT molecular complexity index is 1050. The lowest BCUT2D eigenvalue weighted by molar-refractivity contribution is -0.0380. The lowest BCUT2D eigenvalue weighted by atomic mass is 9.92. The molecule has 3 heterocycles. The molecule has 2 aromatic carbocycles. The number of methoxy groups -OCH3 is 1. The van der Waals surface area contributed by atoms with Crippen LogP contribution in [-0.4, -0.2) is 25.1 Å². The summed E-state index contributed by atoms with van der Waals surface area (Å²) in [6, 6.07) is 6.48. The van der Waals surface area contributed by atoms with Gasteiger partial charge >= 0.3 is 0 Å². The van der Waals surface area contributed by atoms with Crippen LogP contribution in [0.15, 0.2) is 33.5 Å². The van der Waals surface area contributed by atoms with E-state index in [1.165, 1.54) is 13.2 Å². The third-order valence-electron chi connectivity index (χ3n) is 4.76. The van der Waals surface area contributed by atoms with Gasteiger partial charge in [-0.3, -0.25) is 4.79 Å². The summed E-state index contributed by atoms with van der Waals surface area (Å²) in [5.74, 6) is 0.998. The van der Waals surface area contributed by atoms with Crippen molar-refractivity contribution in [2.75, 3.05) is 13.7 Å². The Balaban J connectivity index is 1.99. The highest BCUT2D eigenvalue weighted by atomic mass is 16.7. The predicted molar refractivity (Wildman–Crippen MR) is 85.9 cm³/mol. The van der Waals surface area contributed by atoms with Crippen LogP contribution in [-0.2, 0) is 4.74 Å². The molecule has 1 saturated heterocycles. The number of fused-ring (bicyclic) bond motifs is 7. The Labute approximate surface area is 136 Å². The summed E-state index contributed by atoms with van der Waals surface area (Å²) >= 11 is 0. The molecule has 5 rings (SSSR count). The minimum Gasteiger partial charge on any atom is -0.507 e. The quantitative estimate of drug-likeness (QED) is 0.693. The van der Waals surface area contributed by atoms with Gasteiger partial charge in [-0.25, -0.2) is 0 Å². The maximum atomic E-state index is 13.0. The highest BCUT2D eigenvalue weighted by Crippen LogP contribution is 2.47. The Hall–Kier alpha value is -2.73. The number of benzene rings is 2. The highest BCUT2D eigenvalue weighted by molar-refractivity contribution is 5.98. The Kier molecular flexibility index (Phi) is 2.65. The van der Waals surface area contributed by atoms with Crippen molar-refractivity contribution in [3.8, 4) is 17.2 Å². The number of aromatic hydroxyl groups is 1. The van der Waals surface area contributed by atoms with E-state index >= 15 is 0 Å². The van der Waals surface area contributed by atoms with Crippen LogP contribution in [0.25, 0.3) is 21.9 Å². The smallest absolute Gasteiger partial charge is 0.208 e. The fourth-order valence-electron chi connectivity index (χ4n) is 3.68. The molecule has 2 aliphatic rings. The van der Waals surface area contributed by atoms with E-state index in [4.69, 9.17) is 18.6 Å². The molecule has 6 nitrogen and oxygen atoms in total. The van der Waals surface area contributed by atoms with E-state index in [2.05, 4.69) is 0 Å². The average molecular weight is 326 g/mol. The van der Waals surface area contributed by atoms with Crippen molar-refractivity contribution in [3.05, 3.63) is 40.1 Å². The van der Waals surface area contributed by atoms with Gasteiger partial charge in [0, 0.05) is 24.0 Å². The number of phenols is 1. The first kappa shape index (κ1) is 13.7. The van der Waals surface area contributed by atoms with Gasteiger partial charge in [0.2, 0.25) is 11.7 Å². The van der Waals surface area contributed by atoms with Gasteiger partial charge in [0.25, 0.3) is 0 Å². The van der Waals surface area contributed by atoms with E-state index < -0.39 is 0 Å². The number of rotatable bonds is 1. The van der Waals surface area contributed by atoms with E-state index in [1.807, 2.05) is 0 Å². The lowest BCUT2D eigenvalue weighted by Crippen LogP contribution is -2.19. The molecule has 2 aliphatic heterocycles. The van der Waals surface area contributed by atoms with Crippen LogP contribution in [0.3, 0.4) is 0 Å². The summed E-state index contributed by atoms with van der Waals surface area (Å²) in [5, 5.41) is 10.5. The summed E-state index contributed by atoms with van der Waals surface area (Å²) in [6.45, 7) is 0.529. The molecular formula is C18H14O6. The van der Waals surface area contributed by atoms with Crippen molar-refractivity contribution < 1.29 is 23.7 Å². The summed E-state index contributed by atoms with van der Waals surface area (Å²) in [4.78, 5) is 13.0. The Morgan fingerprint density at radius 2 is 2.17 bits per heavy atom. The molecule has 2 unspecified atom stereocenters. The number of hydrogen-bond acceptors (Lipinski definition) is 6. The van der Waals surface area contributed by atoms with E-state index in [0.717, 1.165) is 12.0 Å². The normalized spacial score (nSPS) is 21.7. The van der Waals surface area contributed by atoms with Crippen molar-refractivity contribution in [2.24, 2.45) is 0 Å². The third kappa shape index (κ3) is 1.66. The molecule has 0 amide bonds. The molecule has 1 aromatic heterocycles. The van der Waals surface area contributed by atoms with E-state index in [9.17, 15) is 9.90 Å². The first-order valence-electron chi connectivity index (χ1n) is 7.75. The van der Waals surface area contributed by atoms with Gasteiger partial charge in [-0.15, -0.1) is 0 Å². The summed E-state index contributed by atoms with van der Waals surface area (Å²) in [6.07, 6.45) is 0.469. The lowest BCUT2D eigenvalue weighted by Gasteiger charge is -2.23. The van der Waals surface area contributed by atoms with Crippen molar-refractivity contribution in [2.45, 2.75) is 18.6 Å². The van der Waals surface area contributed by atoms with Crippen LogP contribution in [0.5, 0.6) is 17.2 Å². The molecule has 0 radical (unpaired) electrons. The van der Waals surface area contributed by atoms with E-state index in [0.29, 0.717) is 34.7 Å². The molecule has 2 bridgehead atoms. The average Bonchev–Trinajstić information content (AvgIpc) is 2.95. The first-order valence-corrected chi connectivity index (χ1v) is 7.75. The van der Waals surface area contributed by atoms with Gasteiger partial charge in [-0.2, -0.15) is 0 Å². The zero-order valence-electron chi connectivity index (χ0n) is 12.9. The molecule has 24 heavy (non-hydrogen) atoms. The molecule has 1 N–H and O–H groups in total. The van der Waals surface area contributed by atoms with Gasteiger partial charge in [0.15, 0.2) is 0 Å². The molecule has 1 fully saturated rings. The molecular weight excluding hydrogens is 312 g/mol. The van der Waals surface area contributed by atoms with Crippen LogP contribution in [0, 0.1) is 0 Å². The van der Waals surface area contributed by atoms with Crippen molar-refractivity contribution in [3.63, 3.8) is 0 Å².